The molecule has 1 aromatic carbocycles. The highest BCUT2D eigenvalue weighted by Crippen LogP contribution is 2.49. The first kappa shape index (κ1) is 43.7. The van der Waals surface area contributed by atoms with Gasteiger partial charge in [-0.1, -0.05) is 46.0 Å². The van der Waals surface area contributed by atoms with Crippen LogP contribution < -0.4 is 24.8 Å². The van der Waals surface area contributed by atoms with E-state index in [-0.39, 0.29) is 43.2 Å². The lowest BCUT2D eigenvalue weighted by Crippen LogP contribution is -2.60. The second-order valence-electron chi connectivity index (χ2n) is 17.4. The van der Waals surface area contributed by atoms with Crippen molar-refractivity contribution in [3.05, 3.63) is 23.9 Å². The number of benzene rings is 1. The number of amides is 4. The fraction of sp³-hybridized carbons (Fsp3) is 0.714. The van der Waals surface area contributed by atoms with Crippen molar-refractivity contribution in [2.45, 2.75) is 152 Å². The van der Waals surface area contributed by atoms with Gasteiger partial charge in [0.2, 0.25) is 34.1 Å². The Balaban J connectivity index is 1.28. The van der Waals surface area contributed by atoms with Crippen LogP contribution in [-0.2, 0) is 35.6 Å². The first-order valence-corrected chi connectivity index (χ1v) is 23.2. The quantitative estimate of drug-likeness (QED) is 0.285. The van der Waals surface area contributed by atoms with E-state index in [1.54, 1.807) is 26.2 Å². The molecule has 4 fully saturated rings. The standard InChI is InChI=1S/C42H58F2N6O9S/c1-5-23(3)60(55,56)49-40(53)42(21-28(42)36(43)44)48-37(51)35-27(6-2)33-22-50(35)39(52)34(24-13-9-7-10-14-24)47-41(54)59-32-19-25(32)15-11-8-12-16-30-38(58-33)46-31-20-26(57-4)17-18-29(31)45-30/h17-18,20,23-25,27-28,32-36H,5-16,19,21-22H2,1-4H3,(H,47,54)(H,48,51)(H,49,53). The first-order valence-electron chi connectivity index (χ1n) is 21.6. The molecule has 3 heterocycles. The Bertz CT molecular complexity index is 2050. The van der Waals surface area contributed by atoms with Gasteiger partial charge in [-0.05, 0) is 88.7 Å². The maximum Gasteiger partial charge on any atom is 0.408 e. The molecule has 5 aliphatic rings. The third kappa shape index (κ3) is 9.13. The van der Waals surface area contributed by atoms with Crippen molar-refractivity contribution in [3.63, 3.8) is 0 Å². The molecule has 9 atom stereocenters. The van der Waals surface area contributed by atoms with E-state index in [0.29, 0.717) is 41.7 Å². The van der Waals surface area contributed by atoms with Crippen LogP contribution in [0.1, 0.15) is 110 Å². The Kier molecular flexibility index (Phi) is 13.1. The molecule has 4 amide bonds. The van der Waals surface area contributed by atoms with Gasteiger partial charge in [-0.25, -0.2) is 32.0 Å². The number of hydrogen-bond donors (Lipinski definition) is 3. The third-order valence-electron chi connectivity index (χ3n) is 13.5. The number of alkyl carbamates (subject to hydrolysis) is 1. The molecule has 1 aromatic heterocycles. The summed E-state index contributed by atoms with van der Waals surface area (Å²) >= 11 is 0. The highest BCUT2D eigenvalue weighted by atomic mass is 32.2. The number of rotatable bonds is 10. The Morgan fingerprint density at radius 1 is 1.00 bits per heavy atom. The number of aryl methyl sites for hydroxylation is 1. The molecule has 1 saturated heterocycles. The molecule has 0 spiro atoms. The van der Waals surface area contributed by atoms with E-state index in [1.807, 2.05) is 17.7 Å². The molecule has 15 nitrogen and oxygen atoms in total. The fourth-order valence-electron chi connectivity index (χ4n) is 9.39. The van der Waals surface area contributed by atoms with E-state index in [1.165, 1.54) is 11.8 Å². The minimum absolute atomic E-state index is 0.142. The number of hydrogen-bond acceptors (Lipinski definition) is 11. The SMILES string of the molecule is CCC1C2CN(C(=O)C(C3CCCCC3)NC(=O)OC3CC3CCCCCc3nc4ccc(OC)cc4nc3O2)C1C(=O)NC1(C(=O)NS(=O)(=O)C(C)CC)CC1C(F)F. The van der Waals surface area contributed by atoms with Crippen molar-refractivity contribution in [1.29, 1.82) is 0 Å². The van der Waals surface area contributed by atoms with Crippen molar-refractivity contribution >= 4 is 44.9 Å². The van der Waals surface area contributed by atoms with Gasteiger partial charge in [0.05, 0.1) is 35.9 Å². The average molecular weight is 861 g/mol. The Morgan fingerprint density at radius 3 is 2.38 bits per heavy atom. The van der Waals surface area contributed by atoms with Crippen LogP contribution in [0, 0.1) is 23.7 Å². The van der Waals surface area contributed by atoms with Gasteiger partial charge in [-0.15, -0.1) is 0 Å². The Hall–Kier alpha value is -4.35. The summed E-state index contributed by atoms with van der Waals surface area (Å²) in [4.78, 5) is 68.2. The molecule has 7 rings (SSSR count). The normalized spacial score (nSPS) is 30.7. The zero-order chi connectivity index (χ0) is 42.9. The van der Waals surface area contributed by atoms with Crippen LogP contribution in [0.5, 0.6) is 11.6 Å². The summed E-state index contributed by atoms with van der Waals surface area (Å²) in [6.45, 7) is 4.66. The lowest BCUT2D eigenvalue weighted by molar-refractivity contribution is -0.143. The van der Waals surface area contributed by atoms with Crippen molar-refractivity contribution in [2.75, 3.05) is 13.7 Å². The van der Waals surface area contributed by atoms with Gasteiger partial charge in [0, 0.05) is 12.0 Å². The van der Waals surface area contributed by atoms with Gasteiger partial charge in [-0.2, -0.15) is 0 Å². The highest BCUT2D eigenvalue weighted by molar-refractivity contribution is 7.90. The number of ether oxygens (including phenoxy) is 3. The van der Waals surface area contributed by atoms with Crippen LogP contribution in [-0.4, -0.2) is 102 Å². The number of sulfonamides is 1. The molecular formula is C42H58F2N6O9S. The van der Waals surface area contributed by atoms with E-state index in [0.717, 1.165) is 51.4 Å². The van der Waals surface area contributed by atoms with Gasteiger partial charge < -0.3 is 29.7 Å². The van der Waals surface area contributed by atoms with Gasteiger partial charge in [-0.3, -0.25) is 19.1 Å². The van der Waals surface area contributed by atoms with Gasteiger partial charge >= 0.3 is 6.09 Å². The molecule has 3 N–H and O–H groups in total. The number of fused-ring (bicyclic) bond motifs is 5. The van der Waals surface area contributed by atoms with E-state index in [2.05, 4.69) is 10.6 Å². The molecular weight excluding hydrogens is 803 g/mol. The van der Waals surface area contributed by atoms with E-state index in [9.17, 15) is 31.6 Å². The number of carbonyl (C=O) groups excluding carboxylic acids is 4. The molecule has 2 aromatic rings. The Morgan fingerprint density at radius 2 is 1.72 bits per heavy atom. The number of nitrogens with one attached hydrogen (secondary N) is 3. The van der Waals surface area contributed by atoms with E-state index >= 15 is 4.79 Å². The maximum atomic E-state index is 15.1. The molecule has 2 bridgehead atoms. The molecule has 2 aliphatic heterocycles. The minimum Gasteiger partial charge on any atom is -0.497 e. The third-order valence-corrected chi connectivity index (χ3v) is 15.3. The van der Waals surface area contributed by atoms with Crippen molar-refractivity contribution < 1.29 is 50.6 Å². The summed E-state index contributed by atoms with van der Waals surface area (Å²) < 4.78 is 74.7. The summed E-state index contributed by atoms with van der Waals surface area (Å²) in [5.41, 5.74) is -0.499. The van der Waals surface area contributed by atoms with Crippen molar-refractivity contribution in [1.82, 2.24) is 30.2 Å². The van der Waals surface area contributed by atoms with Gasteiger partial charge in [0.1, 0.15) is 41.3 Å². The predicted molar refractivity (Wildman–Crippen MR) is 216 cm³/mol. The topological polar surface area (TPSA) is 195 Å². The van der Waals surface area contributed by atoms with Crippen molar-refractivity contribution in [2.24, 2.45) is 23.7 Å². The average Bonchev–Trinajstić information content (AvgIpc) is 4.12. The van der Waals surface area contributed by atoms with Crippen LogP contribution in [0.3, 0.4) is 0 Å². The fourth-order valence-corrected chi connectivity index (χ4v) is 10.5. The Labute approximate surface area is 349 Å². The summed E-state index contributed by atoms with van der Waals surface area (Å²) in [6.07, 6.45) is 3.69. The van der Waals surface area contributed by atoms with Crippen LogP contribution in [0.2, 0.25) is 0 Å². The summed E-state index contributed by atoms with van der Waals surface area (Å²) in [5.74, 6) is -4.42. The number of carbonyl (C=O) groups is 4. The highest BCUT2D eigenvalue weighted by Gasteiger charge is 2.67. The number of halogens is 2. The lowest BCUT2D eigenvalue weighted by Gasteiger charge is -2.35. The second kappa shape index (κ2) is 17.9. The van der Waals surface area contributed by atoms with Crippen LogP contribution >= 0.6 is 0 Å². The second-order valence-corrected chi connectivity index (χ2v) is 19.5. The molecule has 330 valence electrons. The summed E-state index contributed by atoms with van der Waals surface area (Å²) in [6, 6.07) is 2.91. The summed E-state index contributed by atoms with van der Waals surface area (Å²) in [7, 11) is -2.72. The first-order chi connectivity index (χ1) is 28.7. The monoisotopic (exact) mass is 860 g/mol. The predicted octanol–water partition coefficient (Wildman–Crippen LogP) is 5.19. The zero-order valence-electron chi connectivity index (χ0n) is 34.8. The minimum atomic E-state index is -4.26. The van der Waals surface area contributed by atoms with Crippen LogP contribution in [0.25, 0.3) is 11.0 Å². The maximum absolute atomic E-state index is 15.1. The van der Waals surface area contributed by atoms with Gasteiger partial charge in [0.25, 0.3) is 5.91 Å². The van der Waals surface area contributed by atoms with E-state index in [4.69, 9.17) is 24.2 Å². The van der Waals surface area contributed by atoms with Crippen molar-refractivity contribution in [3.8, 4) is 11.6 Å². The van der Waals surface area contributed by atoms with Crippen LogP contribution in [0.4, 0.5) is 13.6 Å². The molecule has 9 unspecified atom stereocenters. The number of alkyl halides is 2. The molecule has 3 saturated carbocycles. The number of aromatic nitrogens is 2. The molecule has 60 heavy (non-hydrogen) atoms. The molecule has 3 aliphatic carbocycles. The van der Waals surface area contributed by atoms with E-state index < -0.39 is 87.5 Å². The van der Waals surface area contributed by atoms with Crippen LogP contribution in [0.15, 0.2) is 18.2 Å². The largest absolute Gasteiger partial charge is 0.497 e. The molecule has 0 radical (unpaired) electrons. The lowest BCUT2D eigenvalue weighted by atomic mass is 9.83. The zero-order valence-corrected chi connectivity index (χ0v) is 35.6. The smallest absolute Gasteiger partial charge is 0.408 e. The molecule has 18 heteroatoms. The summed E-state index contributed by atoms with van der Waals surface area (Å²) in [5, 5.41) is 4.40. The van der Waals surface area contributed by atoms with Gasteiger partial charge in [0.15, 0.2) is 0 Å². The number of nitrogens with zero attached hydrogens (tertiary/aromatic N) is 3. The number of methoxy groups -OCH3 is 1.